The van der Waals surface area contributed by atoms with Gasteiger partial charge in [0.05, 0.1) is 11.4 Å². The highest BCUT2D eigenvalue weighted by atomic mass is 16.5. The monoisotopic (exact) mass is 458 g/mol. The van der Waals surface area contributed by atoms with Crippen LogP contribution < -0.4 is 4.74 Å². The Kier molecular flexibility index (Phi) is 6.02. The minimum Gasteiger partial charge on any atom is -0.507 e. The smallest absolute Gasteiger partial charge is 0.219 e. The number of hydrogen-bond donors (Lipinski definition) is 1. The van der Waals surface area contributed by atoms with Crippen LogP contribution in [-0.2, 0) is 5.41 Å². The van der Waals surface area contributed by atoms with E-state index >= 15 is 0 Å². The van der Waals surface area contributed by atoms with Crippen molar-refractivity contribution in [3.8, 4) is 39.9 Å². The minimum absolute atomic E-state index is 0.183. The van der Waals surface area contributed by atoms with Crippen LogP contribution in [0.5, 0.6) is 17.4 Å². The second-order valence-electron chi connectivity index (χ2n) is 8.93. The van der Waals surface area contributed by atoms with E-state index in [0.717, 1.165) is 16.8 Å². The summed E-state index contributed by atoms with van der Waals surface area (Å²) in [7, 11) is 0. The molecule has 5 rings (SSSR count). The van der Waals surface area contributed by atoms with Gasteiger partial charge in [-0.05, 0) is 53.6 Å². The number of aromatic hydroxyl groups is 1. The number of para-hydroxylation sites is 1. The number of nitrogens with zero attached hydrogens (tertiary/aromatic N) is 2. The Morgan fingerprint density at radius 3 is 2.26 bits per heavy atom. The zero-order valence-electron chi connectivity index (χ0n) is 19.7. The molecule has 2 heterocycles. The molecule has 0 saturated carbocycles. The number of aromatic nitrogens is 2. The Labute approximate surface area is 205 Å². The summed E-state index contributed by atoms with van der Waals surface area (Å²) in [6.45, 7) is 4.40. The summed E-state index contributed by atoms with van der Waals surface area (Å²) in [5.74, 6) is 1.43. The number of pyridine rings is 2. The molecule has 0 atom stereocenters. The highest BCUT2D eigenvalue weighted by molar-refractivity contribution is 5.70. The van der Waals surface area contributed by atoms with E-state index in [2.05, 4.69) is 43.1 Å². The Morgan fingerprint density at radius 2 is 1.43 bits per heavy atom. The maximum atomic E-state index is 10.2. The van der Waals surface area contributed by atoms with Crippen LogP contribution in [0.4, 0.5) is 0 Å². The lowest BCUT2D eigenvalue weighted by atomic mass is 9.78. The van der Waals surface area contributed by atoms with Gasteiger partial charge in [-0.2, -0.15) is 0 Å². The first-order valence-electron chi connectivity index (χ1n) is 11.6. The molecule has 4 nitrogen and oxygen atoms in total. The number of phenolic OH excluding ortho intramolecular Hbond substituents is 1. The highest BCUT2D eigenvalue weighted by Gasteiger charge is 2.23. The Balaban J connectivity index is 1.42. The average Bonchev–Trinajstić information content (AvgIpc) is 2.90. The summed E-state index contributed by atoms with van der Waals surface area (Å²) in [5.41, 5.74) is 5.30. The molecule has 0 saturated heterocycles. The third-order valence-electron chi connectivity index (χ3n) is 6.23. The second-order valence-corrected chi connectivity index (χ2v) is 8.93. The molecular formula is C31H26N2O2. The molecule has 5 aromatic rings. The lowest BCUT2D eigenvalue weighted by Crippen LogP contribution is -2.18. The van der Waals surface area contributed by atoms with Crippen LogP contribution in [0.2, 0.25) is 0 Å². The van der Waals surface area contributed by atoms with Crippen LogP contribution in [-0.4, -0.2) is 15.1 Å². The molecule has 0 amide bonds. The van der Waals surface area contributed by atoms with Crippen LogP contribution in [0.25, 0.3) is 22.5 Å². The number of rotatable bonds is 6. The molecule has 35 heavy (non-hydrogen) atoms. The largest absolute Gasteiger partial charge is 0.507 e. The lowest BCUT2D eigenvalue weighted by Gasteiger charge is -2.26. The van der Waals surface area contributed by atoms with Crippen molar-refractivity contribution in [3.63, 3.8) is 0 Å². The van der Waals surface area contributed by atoms with Crippen LogP contribution in [0.15, 0.2) is 115 Å². The van der Waals surface area contributed by atoms with Crippen LogP contribution in [0.1, 0.15) is 25.0 Å². The van der Waals surface area contributed by atoms with Gasteiger partial charge < -0.3 is 9.84 Å². The van der Waals surface area contributed by atoms with Gasteiger partial charge in [0.2, 0.25) is 5.88 Å². The van der Waals surface area contributed by atoms with Gasteiger partial charge >= 0.3 is 0 Å². The molecule has 0 aliphatic rings. The topological polar surface area (TPSA) is 55.2 Å². The van der Waals surface area contributed by atoms with E-state index in [9.17, 15) is 5.11 Å². The molecule has 2 aromatic heterocycles. The fourth-order valence-electron chi connectivity index (χ4n) is 4.15. The summed E-state index contributed by atoms with van der Waals surface area (Å²) >= 11 is 0. The van der Waals surface area contributed by atoms with Crippen molar-refractivity contribution in [2.24, 2.45) is 0 Å². The predicted octanol–water partition coefficient (Wildman–Crippen LogP) is 7.63. The van der Waals surface area contributed by atoms with E-state index in [1.807, 2.05) is 72.8 Å². The highest BCUT2D eigenvalue weighted by Crippen LogP contribution is 2.34. The van der Waals surface area contributed by atoms with Crippen LogP contribution >= 0.6 is 0 Å². The molecule has 172 valence electrons. The SMILES string of the molecule is CC(C)(c1ccccc1)c1ccnc(Oc2cccc(-c3cccc(-c4ccccc4O)n3)c2)c1. The fraction of sp³-hybridized carbons (Fsp3) is 0.0968. The van der Waals surface area contributed by atoms with Gasteiger partial charge in [0.1, 0.15) is 11.5 Å². The third kappa shape index (κ3) is 4.78. The van der Waals surface area contributed by atoms with Gasteiger partial charge in [-0.1, -0.05) is 74.5 Å². The summed E-state index contributed by atoms with van der Waals surface area (Å²) in [6.07, 6.45) is 1.79. The first-order chi connectivity index (χ1) is 17.0. The molecule has 0 spiro atoms. The molecule has 1 N–H and O–H groups in total. The van der Waals surface area contributed by atoms with Gasteiger partial charge in [0.15, 0.2) is 0 Å². The molecule has 0 bridgehead atoms. The second kappa shape index (κ2) is 9.43. The first kappa shape index (κ1) is 22.4. The summed E-state index contributed by atoms with van der Waals surface area (Å²) in [5, 5.41) is 10.2. The Bertz CT molecular complexity index is 1460. The zero-order chi connectivity index (χ0) is 24.3. The van der Waals surface area contributed by atoms with E-state index in [-0.39, 0.29) is 11.2 Å². The van der Waals surface area contributed by atoms with Crippen LogP contribution in [0.3, 0.4) is 0 Å². The fourth-order valence-corrected chi connectivity index (χ4v) is 4.15. The molecule has 3 aromatic carbocycles. The normalized spacial score (nSPS) is 11.3. The van der Waals surface area contributed by atoms with Gasteiger partial charge in [0.25, 0.3) is 0 Å². The molecule has 0 unspecified atom stereocenters. The quantitative estimate of drug-likeness (QED) is 0.284. The summed E-state index contributed by atoms with van der Waals surface area (Å²) < 4.78 is 6.17. The number of phenols is 1. The maximum Gasteiger partial charge on any atom is 0.219 e. The van der Waals surface area contributed by atoms with Crippen molar-refractivity contribution in [2.75, 3.05) is 0 Å². The molecule has 0 aliphatic heterocycles. The van der Waals surface area contributed by atoms with Crippen molar-refractivity contribution in [1.29, 1.82) is 0 Å². The van der Waals surface area contributed by atoms with Gasteiger partial charge in [-0.3, -0.25) is 0 Å². The average molecular weight is 459 g/mol. The molecule has 0 fully saturated rings. The first-order valence-corrected chi connectivity index (χ1v) is 11.6. The van der Waals surface area contributed by atoms with E-state index in [0.29, 0.717) is 22.9 Å². The molecule has 0 radical (unpaired) electrons. The van der Waals surface area contributed by atoms with Gasteiger partial charge in [-0.15, -0.1) is 0 Å². The number of ether oxygens (including phenoxy) is 1. The summed E-state index contributed by atoms with van der Waals surface area (Å²) in [4.78, 5) is 9.21. The zero-order valence-corrected chi connectivity index (χ0v) is 19.7. The Hall–Kier alpha value is -4.44. The standard InChI is InChI=1S/C31H26N2O2/c1-31(2,23-11-4-3-5-12-23)24-18-19-32-30(21-24)35-25-13-8-10-22(20-25)27-15-9-16-28(33-27)26-14-6-7-17-29(26)34/h3-21,34H,1-2H3. The van der Waals surface area contributed by atoms with E-state index in [4.69, 9.17) is 9.72 Å². The van der Waals surface area contributed by atoms with Crippen molar-refractivity contribution in [2.45, 2.75) is 19.3 Å². The third-order valence-corrected chi connectivity index (χ3v) is 6.23. The van der Waals surface area contributed by atoms with E-state index in [1.165, 1.54) is 5.56 Å². The maximum absolute atomic E-state index is 10.2. The van der Waals surface area contributed by atoms with Crippen LogP contribution in [0, 0.1) is 0 Å². The predicted molar refractivity (Wildman–Crippen MR) is 140 cm³/mol. The summed E-state index contributed by atoms with van der Waals surface area (Å²) in [6, 6.07) is 35.2. The van der Waals surface area contributed by atoms with E-state index in [1.54, 1.807) is 18.3 Å². The number of benzene rings is 3. The van der Waals surface area contributed by atoms with Crippen molar-refractivity contribution < 1.29 is 9.84 Å². The van der Waals surface area contributed by atoms with Crippen molar-refractivity contribution in [1.82, 2.24) is 9.97 Å². The molecule has 0 aliphatic carbocycles. The van der Waals surface area contributed by atoms with Gasteiger partial charge in [-0.25, -0.2) is 9.97 Å². The molecule has 4 heteroatoms. The van der Waals surface area contributed by atoms with Gasteiger partial charge in [0, 0.05) is 28.8 Å². The van der Waals surface area contributed by atoms with E-state index < -0.39 is 0 Å². The minimum atomic E-state index is -0.183. The lowest BCUT2D eigenvalue weighted by molar-refractivity contribution is 0.460. The van der Waals surface area contributed by atoms with Crippen molar-refractivity contribution in [3.05, 3.63) is 127 Å². The van der Waals surface area contributed by atoms with Crippen molar-refractivity contribution >= 4 is 0 Å². The molecular weight excluding hydrogens is 432 g/mol. The number of hydrogen-bond acceptors (Lipinski definition) is 4. The Morgan fingerprint density at radius 1 is 0.686 bits per heavy atom.